The third-order valence-electron chi connectivity index (χ3n) is 6.86. The summed E-state index contributed by atoms with van der Waals surface area (Å²) < 4.78 is 6.51. The van der Waals surface area contributed by atoms with Crippen LogP contribution in [0.2, 0.25) is 0 Å². The minimum Gasteiger partial charge on any atom is -0.383 e. The van der Waals surface area contributed by atoms with Crippen LogP contribution in [0.5, 0.6) is 0 Å². The van der Waals surface area contributed by atoms with Crippen LogP contribution < -0.4 is 21.9 Å². The molecule has 0 radical (unpaired) electrons. The number of nitrogens with one attached hydrogen (secondary N) is 2. The van der Waals surface area contributed by atoms with Crippen molar-refractivity contribution in [2.45, 2.75) is 39.2 Å². The van der Waals surface area contributed by atoms with Crippen molar-refractivity contribution in [3.05, 3.63) is 56.9 Å². The van der Waals surface area contributed by atoms with Crippen LogP contribution in [0.15, 0.2) is 40.1 Å². The van der Waals surface area contributed by atoms with Crippen LogP contribution in [0.25, 0.3) is 10.9 Å². The summed E-state index contributed by atoms with van der Waals surface area (Å²) in [5, 5.41) is 1.25. The molecule has 1 fully saturated rings. The molecule has 3 aromatic rings. The maximum atomic E-state index is 13.5. The van der Waals surface area contributed by atoms with Gasteiger partial charge in [-0.25, -0.2) is 4.79 Å². The van der Waals surface area contributed by atoms with Crippen molar-refractivity contribution < 1.29 is 9.53 Å². The zero-order chi connectivity index (χ0) is 25.8. The minimum atomic E-state index is -0.667. The lowest BCUT2D eigenvalue weighted by atomic mass is 9.89. The smallest absolute Gasteiger partial charge is 0.330 e. The molecule has 0 spiro atoms. The highest BCUT2D eigenvalue weighted by atomic mass is 16.5. The van der Waals surface area contributed by atoms with Crippen molar-refractivity contribution in [2.24, 2.45) is 5.92 Å². The summed E-state index contributed by atoms with van der Waals surface area (Å²) in [6.45, 7) is 6.33. The van der Waals surface area contributed by atoms with Crippen LogP contribution in [-0.2, 0) is 16.1 Å². The highest BCUT2D eigenvalue weighted by Crippen LogP contribution is 2.33. The van der Waals surface area contributed by atoms with Crippen LogP contribution in [0.1, 0.15) is 38.2 Å². The van der Waals surface area contributed by atoms with E-state index in [1.165, 1.54) is 27.5 Å². The fraction of sp³-hybridized carbons (Fsp3) is 0.500. The van der Waals surface area contributed by atoms with Crippen molar-refractivity contribution in [3.8, 4) is 0 Å². The quantitative estimate of drug-likeness (QED) is 0.416. The number of anilines is 2. The van der Waals surface area contributed by atoms with E-state index in [1.807, 2.05) is 19.9 Å². The topological polar surface area (TPSA) is 129 Å². The molecule has 10 heteroatoms. The molecular formula is C26H36N6O4. The Hall–Kier alpha value is -3.37. The first-order valence-corrected chi connectivity index (χ1v) is 12.5. The SMILES string of the molecule is COCCN(C(=O)CN1CCC(c2c[nH]c3ccccc23)CC1)c1c(N)n(CC(C)C)c(=O)[nH]c1=O. The third kappa shape index (κ3) is 5.39. The lowest BCUT2D eigenvalue weighted by Gasteiger charge is -2.33. The molecule has 2 aromatic heterocycles. The van der Waals surface area contributed by atoms with E-state index in [4.69, 9.17) is 10.5 Å². The number of methoxy groups -OCH3 is 1. The summed E-state index contributed by atoms with van der Waals surface area (Å²) in [5.41, 5.74) is 7.51. The summed E-state index contributed by atoms with van der Waals surface area (Å²) in [7, 11) is 1.53. The van der Waals surface area contributed by atoms with Gasteiger partial charge in [0.1, 0.15) is 5.82 Å². The molecule has 4 N–H and O–H groups in total. The second kappa shape index (κ2) is 11.1. The number of hydrogen-bond donors (Lipinski definition) is 3. The van der Waals surface area contributed by atoms with Crippen molar-refractivity contribution in [2.75, 3.05) is 50.5 Å². The Morgan fingerprint density at radius 3 is 2.64 bits per heavy atom. The second-order valence-corrected chi connectivity index (χ2v) is 9.88. The van der Waals surface area contributed by atoms with Gasteiger partial charge in [-0.3, -0.25) is 24.0 Å². The van der Waals surface area contributed by atoms with Crippen LogP contribution >= 0.6 is 0 Å². The number of nitrogens with two attached hydrogens (primary N) is 1. The van der Waals surface area contributed by atoms with Crippen molar-refractivity contribution in [1.29, 1.82) is 0 Å². The predicted octanol–water partition coefficient (Wildman–Crippen LogP) is 2.12. The number of ether oxygens (including phenoxy) is 1. The number of aromatic nitrogens is 3. The predicted molar refractivity (Wildman–Crippen MR) is 142 cm³/mol. The average molecular weight is 497 g/mol. The van der Waals surface area contributed by atoms with E-state index in [-0.39, 0.29) is 43.0 Å². The standard InChI is InChI=1S/C26H36N6O4/c1-17(2)15-32-24(27)23(25(34)29-26(32)35)31(12-13-36-3)22(33)16-30-10-8-18(9-11-30)20-14-28-21-7-5-4-6-19(20)21/h4-7,14,17-18,28H,8-13,15-16,27H2,1-3H3,(H,29,34,35). The molecular weight excluding hydrogens is 460 g/mol. The van der Waals surface area contributed by atoms with Gasteiger partial charge in [0, 0.05) is 37.3 Å². The number of likely N-dealkylation sites (tertiary alicyclic amines) is 1. The van der Waals surface area contributed by atoms with Crippen molar-refractivity contribution in [1.82, 2.24) is 19.4 Å². The molecule has 194 valence electrons. The lowest BCUT2D eigenvalue weighted by Crippen LogP contribution is -2.47. The molecule has 36 heavy (non-hydrogen) atoms. The number of H-pyrrole nitrogens is 2. The average Bonchev–Trinajstić information content (AvgIpc) is 3.28. The van der Waals surface area contributed by atoms with Crippen molar-refractivity contribution in [3.63, 3.8) is 0 Å². The van der Waals surface area contributed by atoms with E-state index in [2.05, 4.69) is 39.3 Å². The van der Waals surface area contributed by atoms with E-state index in [0.29, 0.717) is 12.5 Å². The molecule has 0 saturated carbocycles. The first-order chi connectivity index (χ1) is 17.3. The van der Waals surface area contributed by atoms with Gasteiger partial charge in [0.15, 0.2) is 5.69 Å². The number of hydrogen-bond acceptors (Lipinski definition) is 6. The largest absolute Gasteiger partial charge is 0.383 e. The Balaban J connectivity index is 1.50. The summed E-state index contributed by atoms with van der Waals surface area (Å²) in [6.07, 6.45) is 3.98. The Labute approximate surface area is 210 Å². The number of nitrogen functional groups attached to an aromatic ring is 1. The maximum Gasteiger partial charge on any atom is 0.330 e. The number of fused-ring (bicyclic) bond motifs is 1. The Bertz CT molecular complexity index is 1320. The monoisotopic (exact) mass is 496 g/mol. The number of rotatable bonds is 9. The van der Waals surface area contributed by atoms with Crippen LogP contribution in [0.3, 0.4) is 0 Å². The second-order valence-electron chi connectivity index (χ2n) is 9.88. The molecule has 1 amide bonds. The van der Waals surface area contributed by atoms with Crippen LogP contribution in [0.4, 0.5) is 11.5 Å². The normalized spacial score (nSPS) is 15.1. The fourth-order valence-electron chi connectivity index (χ4n) is 5.04. The van der Waals surface area contributed by atoms with Gasteiger partial charge in [0.25, 0.3) is 5.56 Å². The molecule has 4 rings (SSSR count). The molecule has 1 saturated heterocycles. The van der Waals surface area contributed by atoms with Gasteiger partial charge in [0.2, 0.25) is 5.91 Å². The third-order valence-corrected chi connectivity index (χ3v) is 6.86. The molecule has 1 aromatic carbocycles. The van der Waals surface area contributed by atoms with Gasteiger partial charge in [-0.15, -0.1) is 0 Å². The first-order valence-electron chi connectivity index (χ1n) is 12.5. The van der Waals surface area contributed by atoms with E-state index >= 15 is 0 Å². The molecule has 0 unspecified atom stereocenters. The lowest BCUT2D eigenvalue weighted by molar-refractivity contribution is -0.120. The van der Waals surface area contributed by atoms with E-state index in [9.17, 15) is 14.4 Å². The summed E-state index contributed by atoms with van der Waals surface area (Å²) in [4.78, 5) is 47.8. The molecule has 1 aliphatic heterocycles. The summed E-state index contributed by atoms with van der Waals surface area (Å²) in [6, 6.07) is 8.31. The van der Waals surface area contributed by atoms with Gasteiger partial charge in [-0.2, -0.15) is 0 Å². The number of para-hydroxylation sites is 1. The number of nitrogens with zero attached hydrogens (tertiary/aromatic N) is 3. The number of amides is 1. The zero-order valence-electron chi connectivity index (χ0n) is 21.3. The minimum absolute atomic E-state index is 0.0000489. The zero-order valence-corrected chi connectivity index (χ0v) is 21.3. The van der Waals surface area contributed by atoms with Gasteiger partial charge in [0.05, 0.1) is 13.2 Å². The molecule has 0 aliphatic carbocycles. The number of aromatic amines is 2. The number of carbonyl (C=O) groups excluding carboxylic acids is 1. The van der Waals surface area contributed by atoms with Gasteiger partial charge >= 0.3 is 5.69 Å². The molecule has 10 nitrogen and oxygen atoms in total. The molecule has 0 bridgehead atoms. The van der Waals surface area contributed by atoms with E-state index in [0.717, 1.165) is 31.4 Å². The Morgan fingerprint density at radius 2 is 1.94 bits per heavy atom. The Morgan fingerprint density at radius 1 is 1.22 bits per heavy atom. The number of benzene rings is 1. The maximum absolute atomic E-state index is 13.5. The Kier molecular flexibility index (Phi) is 7.95. The fourth-order valence-corrected chi connectivity index (χ4v) is 5.04. The van der Waals surface area contributed by atoms with Gasteiger partial charge in [-0.05, 0) is 49.4 Å². The number of carbonyl (C=O) groups is 1. The van der Waals surface area contributed by atoms with E-state index < -0.39 is 11.2 Å². The molecule has 1 aliphatic rings. The van der Waals surface area contributed by atoms with Gasteiger partial charge in [-0.1, -0.05) is 32.0 Å². The first kappa shape index (κ1) is 25.7. The summed E-state index contributed by atoms with van der Waals surface area (Å²) >= 11 is 0. The van der Waals surface area contributed by atoms with Crippen LogP contribution in [0, 0.1) is 5.92 Å². The highest BCUT2D eigenvalue weighted by molar-refractivity contribution is 5.96. The summed E-state index contributed by atoms with van der Waals surface area (Å²) in [5.74, 6) is 0.310. The van der Waals surface area contributed by atoms with Gasteiger partial charge < -0.3 is 20.4 Å². The van der Waals surface area contributed by atoms with Crippen LogP contribution in [-0.4, -0.2) is 65.2 Å². The molecule has 0 atom stereocenters. The van der Waals surface area contributed by atoms with Crippen molar-refractivity contribution >= 4 is 28.3 Å². The highest BCUT2D eigenvalue weighted by Gasteiger charge is 2.28. The van der Waals surface area contributed by atoms with E-state index in [1.54, 1.807) is 0 Å². The molecule has 3 heterocycles. The number of piperidine rings is 1.